The number of halogens is 1. The highest BCUT2D eigenvalue weighted by atomic mass is 19.1. The van der Waals surface area contributed by atoms with E-state index in [0.29, 0.717) is 12.1 Å². The van der Waals surface area contributed by atoms with E-state index in [9.17, 15) is 9.18 Å². The molecule has 0 saturated carbocycles. The van der Waals surface area contributed by atoms with Gasteiger partial charge in [0.1, 0.15) is 11.9 Å². The van der Waals surface area contributed by atoms with Crippen LogP contribution in [0.25, 0.3) is 0 Å². The third-order valence-electron chi connectivity index (χ3n) is 2.60. The van der Waals surface area contributed by atoms with Gasteiger partial charge in [-0.25, -0.2) is 9.18 Å². The number of methoxy groups -OCH3 is 1. The molecule has 0 aromatic heterocycles. The van der Waals surface area contributed by atoms with Crippen molar-refractivity contribution in [1.29, 1.82) is 0 Å². The highest BCUT2D eigenvalue weighted by Gasteiger charge is 2.26. The summed E-state index contributed by atoms with van der Waals surface area (Å²) in [5.74, 6) is -0.701. The largest absolute Gasteiger partial charge is 0.468 e. The molecule has 1 aliphatic rings. The fraction of sp³-hybridized carbons (Fsp3) is 0.364. The number of ether oxygens (including phenoxy) is 1. The third kappa shape index (κ3) is 1.85. The van der Waals surface area contributed by atoms with E-state index < -0.39 is 6.04 Å². The summed E-state index contributed by atoms with van der Waals surface area (Å²) >= 11 is 0. The van der Waals surface area contributed by atoms with Crippen molar-refractivity contribution in [3.8, 4) is 0 Å². The van der Waals surface area contributed by atoms with Crippen molar-refractivity contribution in [2.24, 2.45) is 0 Å². The van der Waals surface area contributed by atoms with Crippen LogP contribution in [0, 0.1) is 5.82 Å². The van der Waals surface area contributed by atoms with Crippen molar-refractivity contribution in [3.05, 3.63) is 35.1 Å². The highest BCUT2D eigenvalue weighted by Crippen LogP contribution is 2.24. The number of fused-ring (bicyclic) bond motifs is 1. The van der Waals surface area contributed by atoms with Crippen molar-refractivity contribution in [1.82, 2.24) is 5.32 Å². The van der Waals surface area contributed by atoms with Crippen LogP contribution in [-0.2, 0) is 16.0 Å². The summed E-state index contributed by atoms with van der Waals surface area (Å²) in [6, 6.07) is 4.00. The summed E-state index contributed by atoms with van der Waals surface area (Å²) in [7, 11) is 1.33. The van der Waals surface area contributed by atoms with Gasteiger partial charge in [0, 0.05) is 6.54 Å². The second-order valence-electron chi connectivity index (χ2n) is 3.50. The standard InChI is InChI=1S/C11H12FNO2/c1-15-11(14)10-9-6-8(12)3-2-7(9)4-5-13-10/h2-3,6,10,13H,4-5H2,1H3/t10-/m0/s1. The fourth-order valence-electron chi connectivity index (χ4n) is 1.85. The Morgan fingerprint density at radius 1 is 1.60 bits per heavy atom. The van der Waals surface area contributed by atoms with Crippen molar-refractivity contribution < 1.29 is 13.9 Å². The molecule has 1 aromatic rings. The number of carbonyl (C=O) groups excluding carboxylic acids is 1. The molecule has 0 bridgehead atoms. The molecule has 1 heterocycles. The minimum absolute atomic E-state index is 0.327. The maximum Gasteiger partial charge on any atom is 0.327 e. The molecule has 0 unspecified atom stereocenters. The predicted octanol–water partition coefficient (Wildman–Crippen LogP) is 1.19. The Morgan fingerprint density at radius 2 is 2.40 bits per heavy atom. The molecule has 0 saturated heterocycles. The van der Waals surface area contributed by atoms with Gasteiger partial charge in [-0.2, -0.15) is 0 Å². The summed E-state index contributed by atoms with van der Waals surface area (Å²) in [6.45, 7) is 0.707. The number of hydrogen-bond donors (Lipinski definition) is 1. The maximum absolute atomic E-state index is 13.1. The minimum atomic E-state index is -0.533. The second-order valence-corrected chi connectivity index (χ2v) is 3.50. The Morgan fingerprint density at radius 3 is 3.13 bits per heavy atom. The average molecular weight is 209 g/mol. The van der Waals surface area contributed by atoms with E-state index in [1.54, 1.807) is 6.07 Å². The number of esters is 1. The van der Waals surface area contributed by atoms with Crippen LogP contribution in [-0.4, -0.2) is 19.6 Å². The maximum atomic E-state index is 13.1. The van der Waals surface area contributed by atoms with Crippen molar-refractivity contribution in [3.63, 3.8) is 0 Å². The van der Waals surface area contributed by atoms with Gasteiger partial charge < -0.3 is 10.1 Å². The van der Waals surface area contributed by atoms with Crippen LogP contribution in [0.15, 0.2) is 18.2 Å². The lowest BCUT2D eigenvalue weighted by molar-refractivity contribution is -0.143. The van der Waals surface area contributed by atoms with E-state index in [0.717, 1.165) is 12.0 Å². The zero-order valence-electron chi connectivity index (χ0n) is 8.42. The molecule has 2 rings (SSSR count). The molecule has 0 spiro atoms. The molecule has 1 aliphatic heterocycles. The molecule has 0 amide bonds. The van der Waals surface area contributed by atoms with E-state index in [-0.39, 0.29) is 11.8 Å². The smallest absolute Gasteiger partial charge is 0.327 e. The molecular weight excluding hydrogens is 197 g/mol. The van der Waals surface area contributed by atoms with Gasteiger partial charge in [0.25, 0.3) is 0 Å². The first-order chi connectivity index (χ1) is 7.22. The van der Waals surface area contributed by atoms with Gasteiger partial charge in [0.2, 0.25) is 0 Å². The summed E-state index contributed by atoms with van der Waals surface area (Å²) in [5.41, 5.74) is 1.69. The summed E-state index contributed by atoms with van der Waals surface area (Å²) in [6.07, 6.45) is 0.809. The van der Waals surface area contributed by atoms with Gasteiger partial charge in [0.15, 0.2) is 0 Å². The first-order valence-electron chi connectivity index (χ1n) is 4.82. The monoisotopic (exact) mass is 209 g/mol. The zero-order chi connectivity index (χ0) is 10.8. The van der Waals surface area contributed by atoms with Gasteiger partial charge in [-0.1, -0.05) is 6.07 Å². The molecule has 4 heteroatoms. The van der Waals surface area contributed by atoms with Crippen molar-refractivity contribution in [2.75, 3.05) is 13.7 Å². The zero-order valence-corrected chi connectivity index (χ0v) is 8.42. The fourth-order valence-corrected chi connectivity index (χ4v) is 1.85. The summed E-state index contributed by atoms with van der Waals surface area (Å²) < 4.78 is 17.7. The van der Waals surface area contributed by atoms with Crippen LogP contribution in [0.3, 0.4) is 0 Å². The molecular formula is C11H12FNO2. The molecule has 0 radical (unpaired) electrons. The number of nitrogens with one attached hydrogen (secondary N) is 1. The van der Waals surface area contributed by atoms with Crippen molar-refractivity contribution >= 4 is 5.97 Å². The molecule has 1 N–H and O–H groups in total. The Kier molecular flexibility index (Phi) is 2.68. The third-order valence-corrected chi connectivity index (χ3v) is 2.60. The Balaban J connectivity index is 2.40. The molecule has 3 nitrogen and oxygen atoms in total. The number of hydrogen-bond acceptors (Lipinski definition) is 3. The van der Waals surface area contributed by atoms with Gasteiger partial charge in [-0.15, -0.1) is 0 Å². The predicted molar refractivity (Wildman–Crippen MR) is 52.9 cm³/mol. The molecule has 1 atom stereocenters. The second kappa shape index (κ2) is 3.98. The topological polar surface area (TPSA) is 38.3 Å². The number of carbonyl (C=O) groups is 1. The average Bonchev–Trinajstić information content (AvgIpc) is 2.27. The van der Waals surface area contributed by atoms with E-state index >= 15 is 0 Å². The lowest BCUT2D eigenvalue weighted by Crippen LogP contribution is -2.35. The summed E-state index contributed by atoms with van der Waals surface area (Å²) in [5, 5.41) is 3.01. The Bertz CT molecular complexity index is 392. The van der Waals surface area contributed by atoms with E-state index in [2.05, 4.69) is 10.1 Å². The first-order valence-corrected chi connectivity index (χ1v) is 4.82. The molecule has 0 aliphatic carbocycles. The van der Waals surface area contributed by atoms with E-state index in [1.165, 1.54) is 19.2 Å². The summed E-state index contributed by atoms with van der Waals surface area (Å²) in [4.78, 5) is 11.4. The van der Waals surface area contributed by atoms with Crippen LogP contribution < -0.4 is 5.32 Å². The van der Waals surface area contributed by atoms with E-state index in [4.69, 9.17) is 0 Å². The normalized spacial score (nSPS) is 19.5. The van der Waals surface area contributed by atoms with Crippen LogP contribution in [0.2, 0.25) is 0 Å². The quantitative estimate of drug-likeness (QED) is 0.706. The van der Waals surface area contributed by atoms with Gasteiger partial charge >= 0.3 is 5.97 Å². The van der Waals surface area contributed by atoms with Crippen LogP contribution in [0.5, 0.6) is 0 Å². The Labute approximate surface area is 87.2 Å². The van der Waals surface area contributed by atoms with Gasteiger partial charge in [0.05, 0.1) is 7.11 Å². The Hall–Kier alpha value is -1.42. The van der Waals surface area contributed by atoms with Crippen LogP contribution in [0.4, 0.5) is 4.39 Å². The number of rotatable bonds is 1. The highest BCUT2D eigenvalue weighted by molar-refractivity contribution is 5.78. The molecule has 1 aromatic carbocycles. The lowest BCUT2D eigenvalue weighted by Gasteiger charge is -2.24. The minimum Gasteiger partial charge on any atom is -0.468 e. The molecule has 0 fully saturated rings. The molecule has 80 valence electrons. The van der Waals surface area contributed by atoms with Gasteiger partial charge in [-0.3, -0.25) is 0 Å². The van der Waals surface area contributed by atoms with Crippen LogP contribution in [0.1, 0.15) is 17.2 Å². The SMILES string of the molecule is COC(=O)[C@H]1NCCc2ccc(F)cc21. The van der Waals surface area contributed by atoms with Crippen molar-refractivity contribution in [2.45, 2.75) is 12.5 Å². The van der Waals surface area contributed by atoms with E-state index in [1.807, 2.05) is 0 Å². The molecule has 15 heavy (non-hydrogen) atoms. The lowest BCUT2D eigenvalue weighted by atomic mass is 9.94. The van der Waals surface area contributed by atoms with Crippen LogP contribution >= 0.6 is 0 Å². The first kappa shape index (κ1) is 10.1. The number of benzene rings is 1. The van der Waals surface area contributed by atoms with Gasteiger partial charge in [-0.05, 0) is 29.7 Å².